The Kier molecular flexibility index (Phi) is 52.4. The molecular formula is C87H156N4O36. The van der Waals surface area contributed by atoms with Crippen molar-refractivity contribution in [1.82, 2.24) is 21.3 Å². The van der Waals surface area contributed by atoms with E-state index in [1.54, 1.807) is 6.08 Å². The molecular weight excluding hydrogens is 1680 g/mol. The van der Waals surface area contributed by atoms with E-state index in [9.17, 15) is 121 Å². The third-order valence-corrected chi connectivity index (χ3v) is 24.6. The van der Waals surface area contributed by atoms with Gasteiger partial charge in [-0.05, 0) is 19.3 Å². The van der Waals surface area contributed by atoms with E-state index >= 15 is 0 Å². The molecule has 6 aliphatic rings. The first-order chi connectivity index (χ1) is 60.9. The Labute approximate surface area is 745 Å². The topological polar surface area (TPSA) is 629 Å². The van der Waals surface area contributed by atoms with E-state index in [0.29, 0.717) is 12.8 Å². The molecule has 740 valence electrons. The minimum atomic E-state index is -3.39. The van der Waals surface area contributed by atoms with Gasteiger partial charge in [0, 0.05) is 33.6 Å². The van der Waals surface area contributed by atoms with Crippen LogP contribution < -0.4 is 21.3 Å². The average molecular weight is 1830 g/mol. The summed E-state index contributed by atoms with van der Waals surface area (Å²) in [7, 11) is 0. The Hall–Kier alpha value is -4.11. The molecule has 0 spiro atoms. The molecule has 12 unspecified atom stereocenters. The van der Waals surface area contributed by atoms with Crippen LogP contribution in [0.5, 0.6) is 0 Å². The molecule has 6 rings (SSSR count). The Morgan fingerprint density at radius 2 is 0.787 bits per heavy atom. The third kappa shape index (κ3) is 35.0. The zero-order valence-corrected chi connectivity index (χ0v) is 74.8. The molecule has 40 heteroatoms. The SMILES string of the molecule is CCCCCCCCCCCCC/C=C/[C@@H](O)[C@H](CO[C@@H]1OC(CO)[C@@H](O[C@@H]2OC(CO)[C@H](O)[C@H](O[C@@H]3OC(CO)[C@@H](O[C@@H]4OC(CO)[C@H](O[C@@H]5OC(CO)[C@H](O)[C@H](O)C5NC(C)=O)[C@H](O[C@]5(C(=O)O)CC(O)[C@@H](NC(C)=O)C([C@H](O)[C@H](O)CO)O5)C4O)[C@H](O)C3NC(C)=O)C2O)[C@H](O)C1O)NC(=O)CCCCCCCCCCCCCCCCCCCCCCC. The van der Waals surface area contributed by atoms with Crippen LogP contribution in [0.4, 0.5) is 0 Å². The number of nitrogens with one attached hydrogen (secondary N) is 4. The van der Waals surface area contributed by atoms with Crippen molar-refractivity contribution < 1.29 is 178 Å². The number of ether oxygens (including phenoxy) is 12. The Bertz CT molecular complexity index is 3070. The normalized spacial score (nSPS) is 34.6. The van der Waals surface area contributed by atoms with Crippen LogP contribution in [0, 0.1) is 0 Å². The number of amides is 4. The van der Waals surface area contributed by atoms with Crippen molar-refractivity contribution in [2.24, 2.45) is 0 Å². The number of carbonyl (C=O) groups is 5. The largest absolute Gasteiger partial charge is 0.477 e. The molecule has 0 aromatic carbocycles. The Morgan fingerprint density at radius 1 is 0.409 bits per heavy atom. The number of rotatable bonds is 62. The van der Waals surface area contributed by atoms with Crippen LogP contribution in [0.1, 0.15) is 259 Å². The van der Waals surface area contributed by atoms with Crippen LogP contribution in [0.2, 0.25) is 0 Å². The summed E-state index contributed by atoms with van der Waals surface area (Å²) in [6.07, 6.45) is -16.9. The lowest BCUT2D eigenvalue weighted by Gasteiger charge is -2.52. The van der Waals surface area contributed by atoms with Gasteiger partial charge >= 0.3 is 5.97 Å². The van der Waals surface area contributed by atoms with Crippen molar-refractivity contribution in [2.75, 3.05) is 46.2 Å². The Balaban J connectivity index is 1.14. The zero-order valence-electron chi connectivity index (χ0n) is 74.8. The number of carboxylic acid groups (broad SMARTS) is 1. The molecule has 0 radical (unpaired) electrons. The summed E-state index contributed by atoms with van der Waals surface area (Å²) >= 11 is 0. The maximum absolute atomic E-state index is 13.8. The molecule has 6 aliphatic heterocycles. The molecule has 0 saturated carbocycles. The Morgan fingerprint density at radius 3 is 1.24 bits per heavy atom. The summed E-state index contributed by atoms with van der Waals surface area (Å²) in [5.41, 5.74) is 0. The second kappa shape index (κ2) is 59.6. The fourth-order valence-corrected chi connectivity index (χ4v) is 17.3. The van der Waals surface area contributed by atoms with E-state index in [-0.39, 0.29) is 12.3 Å². The number of aliphatic hydroxyl groups is 18. The molecule has 6 heterocycles. The van der Waals surface area contributed by atoms with E-state index in [4.69, 9.17) is 56.8 Å². The molecule has 0 bridgehead atoms. The first-order valence-corrected chi connectivity index (χ1v) is 46.6. The fraction of sp³-hybridized carbons (Fsp3) is 0.920. The number of carboxylic acids is 1. The molecule has 4 amide bonds. The highest BCUT2D eigenvalue weighted by Crippen LogP contribution is 2.42. The van der Waals surface area contributed by atoms with Gasteiger partial charge in [-0.15, -0.1) is 0 Å². The number of allylic oxidation sites excluding steroid dienone is 1. The number of aliphatic hydroxyl groups excluding tert-OH is 18. The highest BCUT2D eigenvalue weighted by atomic mass is 16.8. The van der Waals surface area contributed by atoms with Gasteiger partial charge in [-0.2, -0.15) is 0 Å². The van der Waals surface area contributed by atoms with Crippen LogP contribution in [-0.2, 0) is 80.8 Å². The lowest BCUT2D eigenvalue weighted by atomic mass is 9.88. The minimum Gasteiger partial charge on any atom is -0.477 e. The average Bonchev–Trinajstić information content (AvgIpc) is 0.745. The third-order valence-electron chi connectivity index (χ3n) is 24.6. The second-order valence-corrected chi connectivity index (χ2v) is 34.9. The van der Waals surface area contributed by atoms with Gasteiger partial charge in [0.1, 0.15) is 140 Å². The summed E-state index contributed by atoms with van der Waals surface area (Å²) < 4.78 is 72.2. The standard InChI is InChI=1S/C87H156N4O36/c1-6-8-10-12-14-16-18-20-21-22-23-24-25-26-27-29-31-33-35-37-39-41-62(104)91-53(54(101)40-38-36-34-32-30-28-19-17-15-13-11-9-7-2)49-116-83-72(111)71(110)76(60(47-96)120-83)123-84-73(112)79(68(107)58(45-94)118-84)125-82-65(90-52(5)100)70(109)75(59(46-95)119-82)122-85-74(113)80(77(61(48-97)121-85)124-81-64(89-51(4)99)69(108)67(106)57(44-93)117-81)127-87(86(114)115)42-55(102)63(88-50(3)98)78(126-87)66(105)56(103)43-92/h38,40,53-61,63-85,92-97,101-103,105-113H,6-37,39,41-49H2,1-5H3,(H,88,98)(H,89,99)(H,90,100)(H,91,104)(H,114,115)/b40-38+/t53-,54+,55?,56+,57?,58?,59?,60?,61?,63+,64?,65?,66+,67-,68-,69+,70+,71+,72?,73?,74?,75+,76+,77-,78?,79-,80+,81-,82-,83+,84-,85-,87-/m0/s1. The molecule has 0 aromatic heterocycles. The lowest BCUT2D eigenvalue weighted by molar-refractivity contribution is -0.401. The monoisotopic (exact) mass is 1830 g/mol. The first-order valence-electron chi connectivity index (χ1n) is 46.6. The molecule has 0 aliphatic carbocycles. The number of unbranched alkanes of at least 4 members (excludes halogenated alkanes) is 31. The van der Waals surface area contributed by atoms with E-state index in [1.807, 2.05) is 6.08 Å². The highest BCUT2D eigenvalue weighted by molar-refractivity contribution is 5.77. The minimum absolute atomic E-state index is 0.153. The predicted molar refractivity (Wildman–Crippen MR) is 450 cm³/mol. The van der Waals surface area contributed by atoms with Gasteiger partial charge in [-0.3, -0.25) is 19.2 Å². The van der Waals surface area contributed by atoms with Crippen LogP contribution in [0.3, 0.4) is 0 Å². The quantitative estimate of drug-likeness (QED) is 0.0264. The molecule has 6 saturated heterocycles. The van der Waals surface area contributed by atoms with Gasteiger partial charge in [0.15, 0.2) is 31.5 Å². The van der Waals surface area contributed by atoms with Crippen molar-refractivity contribution in [3.8, 4) is 0 Å². The number of hydrogen-bond donors (Lipinski definition) is 23. The number of aliphatic carboxylic acids is 1. The van der Waals surface area contributed by atoms with E-state index < -0.39 is 278 Å². The maximum Gasteiger partial charge on any atom is 0.364 e. The van der Waals surface area contributed by atoms with Crippen molar-refractivity contribution in [1.29, 1.82) is 0 Å². The van der Waals surface area contributed by atoms with Gasteiger partial charge in [0.25, 0.3) is 5.79 Å². The summed E-state index contributed by atoms with van der Waals surface area (Å²) in [6, 6.07) is -6.67. The van der Waals surface area contributed by atoms with Gasteiger partial charge in [0.05, 0.1) is 70.5 Å². The van der Waals surface area contributed by atoms with Crippen molar-refractivity contribution in [3.05, 3.63) is 12.2 Å². The number of carbonyl (C=O) groups excluding carboxylic acids is 4. The van der Waals surface area contributed by atoms with Crippen LogP contribution >= 0.6 is 0 Å². The lowest BCUT2D eigenvalue weighted by Crippen LogP contribution is -2.72. The van der Waals surface area contributed by atoms with Crippen molar-refractivity contribution in [2.45, 2.75) is 461 Å². The maximum atomic E-state index is 13.8. The van der Waals surface area contributed by atoms with Crippen LogP contribution in [0.25, 0.3) is 0 Å². The second-order valence-electron chi connectivity index (χ2n) is 34.9. The smallest absolute Gasteiger partial charge is 0.364 e. The van der Waals surface area contributed by atoms with Gasteiger partial charge < -0.3 is 175 Å². The molecule has 6 fully saturated rings. The van der Waals surface area contributed by atoms with Gasteiger partial charge in [0.2, 0.25) is 23.6 Å². The summed E-state index contributed by atoms with van der Waals surface area (Å²) in [6.45, 7) is 0.120. The molecule has 127 heavy (non-hydrogen) atoms. The first kappa shape index (κ1) is 112. The number of hydrogen-bond acceptors (Lipinski definition) is 35. The molecule has 40 nitrogen and oxygen atoms in total. The zero-order chi connectivity index (χ0) is 93.3. The van der Waals surface area contributed by atoms with Crippen LogP contribution in [-0.4, -0.2) is 375 Å². The van der Waals surface area contributed by atoms with Gasteiger partial charge in [-0.1, -0.05) is 219 Å². The van der Waals surface area contributed by atoms with Crippen molar-refractivity contribution >= 4 is 29.6 Å². The summed E-state index contributed by atoms with van der Waals surface area (Å²) in [4.78, 5) is 65.6. The molecule has 23 N–H and O–H groups in total. The van der Waals surface area contributed by atoms with Crippen molar-refractivity contribution in [3.63, 3.8) is 0 Å². The van der Waals surface area contributed by atoms with E-state index in [2.05, 4.69) is 35.1 Å². The molecule has 33 atom stereocenters. The van der Waals surface area contributed by atoms with Gasteiger partial charge in [-0.25, -0.2) is 4.79 Å². The highest BCUT2D eigenvalue weighted by Gasteiger charge is 2.63. The summed E-state index contributed by atoms with van der Waals surface area (Å²) in [5.74, 6) is -8.64. The van der Waals surface area contributed by atoms with E-state index in [1.165, 1.54) is 148 Å². The molecule has 0 aromatic rings. The fourth-order valence-electron chi connectivity index (χ4n) is 17.3. The van der Waals surface area contributed by atoms with Crippen LogP contribution in [0.15, 0.2) is 12.2 Å². The predicted octanol–water partition coefficient (Wildman–Crippen LogP) is -0.734. The summed E-state index contributed by atoms with van der Waals surface area (Å²) in [5, 5.41) is 224. The van der Waals surface area contributed by atoms with E-state index in [0.717, 1.165) is 72.1 Å².